The van der Waals surface area contributed by atoms with Crippen LogP contribution in [-0.2, 0) is 11.3 Å². The first-order valence-corrected chi connectivity index (χ1v) is 6.76. The molecule has 0 aliphatic heterocycles. The number of carboxylic acid groups (broad SMARTS) is 1. The SMILES string of the molecule is CCC(CC(=O)O)Cn1nnnc1-c1cccc(C)c1F. The van der Waals surface area contributed by atoms with E-state index in [1.165, 1.54) is 4.68 Å². The van der Waals surface area contributed by atoms with Crippen molar-refractivity contribution in [3.63, 3.8) is 0 Å². The van der Waals surface area contributed by atoms with Crippen LogP contribution in [0, 0.1) is 18.7 Å². The van der Waals surface area contributed by atoms with E-state index < -0.39 is 5.97 Å². The molecule has 0 bridgehead atoms. The van der Waals surface area contributed by atoms with E-state index in [0.29, 0.717) is 29.9 Å². The van der Waals surface area contributed by atoms with Gasteiger partial charge in [-0.25, -0.2) is 9.07 Å². The number of carboxylic acids is 1. The lowest BCUT2D eigenvalue weighted by atomic mass is 10.0. The second-order valence-electron chi connectivity index (χ2n) is 4.99. The Kier molecular flexibility index (Phi) is 4.62. The Balaban J connectivity index is 2.30. The summed E-state index contributed by atoms with van der Waals surface area (Å²) in [6.45, 7) is 3.93. The fourth-order valence-corrected chi connectivity index (χ4v) is 2.17. The highest BCUT2D eigenvalue weighted by Crippen LogP contribution is 2.23. The van der Waals surface area contributed by atoms with Gasteiger partial charge in [-0.1, -0.05) is 25.5 Å². The number of rotatable bonds is 6. The zero-order valence-electron chi connectivity index (χ0n) is 12.0. The quantitative estimate of drug-likeness (QED) is 0.883. The van der Waals surface area contributed by atoms with Crippen molar-refractivity contribution in [3.05, 3.63) is 29.6 Å². The number of aryl methyl sites for hydroxylation is 1. The maximum Gasteiger partial charge on any atom is 0.303 e. The molecule has 7 heteroatoms. The normalized spacial score (nSPS) is 12.3. The molecule has 112 valence electrons. The molecule has 0 radical (unpaired) electrons. The molecule has 2 rings (SSSR count). The number of tetrazole rings is 1. The van der Waals surface area contributed by atoms with Crippen LogP contribution in [0.15, 0.2) is 18.2 Å². The van der Waals surface area contributed by atoms with Gasteiger partial charge in [0, 0.05) is 13.0 Å². The van der Waals surface area contributed by atoms with Gasteiger partial charge in [0.05, 0.1) is 5.56 Å². The van der Waals surface area contributed by atoms with E-state index in [9.17, 15) is 9.18 Å². The molecule has 0 spiro atoms. The lowest BCUT2D eigenvalue weighted by molar-refractivity contribution is -0.138. The lowest BCUT2D eigenvalue weighted by Gasteiger charge is -2.13. The number of aliphatic carboxylic acids is 1. The van der Waals surface area contributed by atoms with E-state index in [-0.39, 0.29) is 18.2 Å². The maximum absolute atomic E-state index is 14.2. The summed E-state index contributed by atoms with van der Waals surface area (Å²) in [6.07, 6.45) is 0.716. The zero-order valence-corrected chi connectivity index (χ0v) is 12.0. The maximum atomic E-state index is 14.2. The average Bonchev–Trinajstić information content (AvgIpc) is 2.88. The van der Waals surface area contributed by atoms with Gasteiger partial charge in [0.25, 0.3) is 0 Å². The van der Waals surface area contributed by atoms with E-state index >= 15 is 0 Å². The summed E-state index contributed by atoms with van der Waals surface area (Å²) in [5, 5.41) is 20.2. The summed E-state index contributed by atoms with van der Waals surface area (Å²) in [4.78, 5) is 10.8. The smallest absolute Gasteiger partial charge is 0.303 e. The fourth-order valence-electron chi connectivity index (χ4n) is 2.17. The van der Waals surface area contributed by atoms with Crippen molar-refractivity contribution in [1.82, 2.24) is 20.2 Å². The molecule has 6 nitrogen and oxygen atoms in total. The van der Waals surface area contributed by atoms with Gasteiger partial charge in [-0.15, -0.1) is 5.10 Å². The number of hydrogen-bond acceptors (Lipinski definition) is 4. The summed E-state index contributed by atoms with van der Waals surface area (Å²) >= 11 is 0. The Bertz CT molecular complexity index is 642. The minimum Gasteiger partial charge on any atom is -0.481 e. The molecular formula is C14H17FN4O2. The number of nitrogens with zero attached hydrogens (tertiary/aromatic N) is 4. The van der Waals surface area contributed by atoms with E-state index in [0.717, 1.165) is 0 Å². The highest BCUT2D eigenvalue weighted by atomic mass is 19.1. The fraction of sp³-hybridized carbons (Fsp3) is 0.429. The van der Waals surface area contributed by atoms with Crippen LogP contribution in [0.5, 0.6) is 0 Å². The Labute approximate surface area is 121 Å². The Morgan fingerprint density at radius 1 is 1.48 bits per heavy atom. The molecule has 1 heterocycles. The molecule has 0 amide bonds. The first kappa shape index (κ1) is 15.1. The summed E-state index contributed by atoms with van der Waals surface area (Å²) in [5.74, 6) is -1.00. The van der Waals surface area contributed by atoms with Crippen molar-refractivity contribution in [2.24, 2.45) is 5.92 Å². The van der Waals surface area contributed by atoms with Gasteiger partial charge in [-0.2, -0.15) is 0 Å². The number of hydrogen-bond donors (Lipinski definition) is 1. The van der Waals surface area contributed by atoms with Crippen molar-refractivity contribution >= 4 is 5.97 Å². The van der Waals surface area contributed by atoms with Crippen LogP contribution in [-0.4, -0.2) is 31.3 Å². The van der Waals surface area contributed by atoms with Crippen molar-refractivity contribution in [2.45, 2.75) is 33.2 Å². The molecule has 1 unspecified atom stereocenters. The summed E-state index contributed by atoms with van der Waals surface area (Å²) in [7, 11) is 0. The monoisotopic (exact) mass is 292 g/mol. The van der Waals surface area contributed by atoms with E-state index in [4.69, 9.17) is 5.11 Å². The molecule has 0 saturated heterocycles. The van der Waals surface area contributed by atoms with Gasteiger partial charge in [0.1, 0.15) is 5.82 Å². The van der Waals surface area contributed by atoms with E-state index in [1.54, 1.807) is 25.1 Å². The topological polar surface area (TPSA) is 80.9 Å². The minimum absolute atomic E-state index is 0.0338. The second kappa shape index (κ2) is 6.43. The van der Waals surface area contributed by atoms with Gasteiger partial charge in [-0.3, -0.25) is 4.79 Å². The summed E-state index contributed by atoms with van der Waals surface area (Å²) in [6, 6.07) is 5.02. The number of carbonyl (C=O) groups is 1. The highest BCUT2D eigenvalue weighted by molar-refractivity contribution is 5.67. The number of benzene rings is 1. The van der Waals surface area contributed by atoms with Gasteiger partial charge in [0.15, 0.2) is 5.82 Å². The predicted molar refractivity (Wildman–Crippen MR) is 74.0 cm³/mol. The van der Waals surface area contributed by atoms with E-state index in [2.05, 4.69) is 15.5 Å². The van der Waals surface area contributed by atoms with Crippen LogP contribution in [0.4, 0.5) is 4.39 Å². The third-order valence-corrected chi connectivity index (χ3v) is 3.44. The predicted octanol–water partition coefficient (Wildman–Crippen LogP) is 2.29. The van der Waals surface area contributed by atoms with Crippen LogP contribution < -0.4 is 0 Å². The molecular weight excluding hydrogens is 275 g/mol. The highest BCUT2D eigenvalue weighted by Gasteiger charge is 2.18. The first-order valence-electron chi connectivity index (χ1n) is 6.76. The van der Waals surface area contributed by atoms with E-state index in [1.807, 2.05) is 6.92 Å². The zero-order chi connectivity index (χ0) is 15.4. The molecule has 21 heavy (non-hydrogen) atoms. The third kappa shape index (κ3) is 3.42. The second-order valence-corrected chi connectivity index (χ2v) is 4.99. The number of aromatic nitrogens is 4. The average molecular weight is 292 g/mol. The molecule has 1 atom stereocenters. The van der Waals surface area contributed by atoms with Crippen molar-refractivity contribution in [3.8, 4) is 11.4 Å². The first-order chi connectivity index (χ1) is 10.0. The van der Waals surface area contributed by atoms with Crippen LogP contribution in [0.25, 0.3) is 11.4 Å². The van der Waals surface area contributed by atoms with Gasteiger partial charge in [-0.05, 0) is 34.9 Å². The van der Waals surface area contributed by atoms with Crippen LogP contribution in [0.1, 0.15) is 25.3 Å². The molecule has 0 aliphatic carbocycles. The van der Waals surface area contributed by atoms with Gasteiger partial charge >= 0.3 is 5.97 Å². The standard InChI is InChI=1S/C14H17FN4O2/c1-3-10(7-12(20)21)8-19-14(16-17-18-19)11-6-4-5-9(2)13(11)15/h4-6,10H,3,7-8H2,1-2H3,(H,20,21). The van der Waals surface area contributed by atoms with Crippen molar-refractivity contribution in [2.75, 3.05) is 0 Å². The summed E-state index contributed by atoms with van der Waals surface area (Å²) in [5.41, 5.74) is 0.838. The van der Waals surface area contributed by atoms with Crippen LogP contribution in [0.2, 0.25) is 0 Å². The van der Waals surface area contributed by atoms with Crippen LogP contribution >= 0.6 is 0 Å². The van der Waals surface area contributed by atoms with Crippen molar-refractivity contribution in [1.29, 1.82) is 0 Å². The summed E-state index contributed by atoms with van der Waals surface area (Å²) < 4.78 is 15.6. The number of halogens is 1. The Hall–Kier alpha value is -2.31. The molecule has 1 aromatic heterocycles. The van der Waals surface area contributed by atoms with Gasteiger partial charge in [0.2, 0.25) is 0 Å². The largest absolute Gasteiger partial charge is 0.481 e. The van der Waals surface area contributed by atoms with Crippen molar-refractivity contribution < 1.29 is 14.3 Å². The third-order valence-electron chi connectivity index (χ3n) is 3.44. The molecule has 0 aliphatic rings. The molecule has 0 saturated carbocycles. The van der Waals surface area contributed by atoms with Crippen LogP contribution in [0.3, 0.4) is 0 Å². The molecule has 0 fully saturated rings. The molecule has 2 aromatic rings. The van der Waals surface area contributed by atoms with Gasteiger partial charge < -0.3 is 5.11 Å². The molecule has 1 N–H and O–H groups in total. The lowest BCUT2D eigenvalue weighted by Crippen LogP contribution is -2.16. The molecule has 1 aromatic carbocycles. The minimum atomic E-state index is -0.863. The Morgan fingerprint density at radius 3 is 2.90 bits per heavy atom. The Morgan fingerprint density at radius 2 is 2.24 bits per heavy atom.